The van der Waals surface area contributed by atoms with Crippen LogP contribution in [0.1, 0.15) is 28.5 Å². The molecule has 0 bridgehead atoms. The van der Waals surface area contributed by atoms with Crippen LogP contribution in [-0.4, -0.2) is 19.6 Å². The van der Waals surface area contributed by atoms with Gasteiger partial charge in [0, 0.05) is 17.3 Å². The number of halogens is 1. The van der Waals surface area contributed by atoms with Crippen LogP contribution in [0.15, 0.2) is 71.6 Å². The van der Waals surface area contributed by atoms with Crippen LogP contribution in [0.2, 0.25) is 0 Å². The highest BCUT2D eigenvalue weighted by atomic mass is 32.2. The summed E-state index contributed by atoms with van der Waals surface area (Å²) < 4.78 is 42.0. The first kappa shape index (κ1) is 20.5. The van der Waals surface area contributed by atoms with Crippen molar-refractivity contribution in [2.24, 2.45) is 0 Å². The third-order valence-corrected chi connectivity index (χ3v) is 6.84. The van der Waals surface area contributed by atoms with E-state index in [9.17, 15) is 17.9 Å². The first-order chi connectivity index (χ1) is 14.3. The Morgan fingerprint density at radius 3 is 2.37 bits per heavy atom. The van der Waals surface area contributed by atoms with Crippen molar-refractivity contribution in [3.05, 3.63) is 94.8 Å². The molecule has 4 rings (SSSR count). The van der Waals surface area contributed by atoms with E-state index in [1.165, 1.54) is 24.3 Å². The summed E-state index contributed by atoms with van der Waals surface area (Å²) in [5, 5.41) is 13.4. The van der Waals surface area contributed by atoms with Gasteiger partial charge in [-0.05, 0) is 66.8 Å². The van der Waals surface area contributed by atoms with Gasteiger partial charge in [-0.3, -0.25) is 0 Å². The molecule has 7 heteroatoms. The monoisotopic (exact) mass is 426 g/mol. The van der Waals surface area contributed by atoms with Gasteiger partial charge in [0.25, 0.3) is 0 Å². The van der Waals surface area contributed by atoms with Crippen molar-refractivity contribution in [1.82, 2.24) is 4.72 Å². The van der Waals surface area contributed by atoms with Crippen molar-refractivity contribution in [2.75, 3.05) is 5.32 Å². The van der Waals surface area contributed by atoms with Crippen molar-refractivity contribution in [2.45, 2.75) is 36.9 Å². The minimum Gasteiger partial charge on any atom is -0.369 e. The maximum absolute atomic E-state index is 13.4. The van der Waals surface area contributed by atoms with Crippen LogP contribution >= 0.6 is 0 Å². The van der Waals surface area contributed by atoms with Crippen LogP contribution in [0.3, 0.4) is 0 Å². The number of nitrogens with one attached hydrogen (secondary N) is 2. The minimum atomic E-state index is -3.74. The van der Waals surface area contributed by atoms with Gasteiger partial charge < -0.3 is 10.4 Å². The first-order valence-corrected chi connectivity index (χ1v) is 11.2. The number of hydrogen-bond acceptors (Lipinski definition) is 4. The second-order valence-corrected chi connectivity index (χ2v) is 9.29. The number of anilines is 1. The zero-order chi connectivity index (χ0) is 21.3. The quantitative estimate of drug-likeness (QED) is 0.526. The zero-order valence-corrected chi connectivity index (χ0v) is 17.3. The van der Waals surface area contributed by atoms with Crippen LogP contribution in [-0.2, 0) is 22.9 Å². The average Bonchev–Trinajstić information content (AvgIpc) is 3.12. The molecule has 0 amide bonds. The van der Waals surface area contributed by atoms with Crippen molar-refractivity contribution < 1.29 is 17.9 Å². The van der Waals surface area contributed by atoms with Gasteiger partial charge in [-0.15, -0.1) is 0 Å². The Morgan fingerprint density at radius 2 is 1.70 bits per heavy atom. The predicted octanol–water partition coefficient (Wildman–Crippen LogP) is 3.68. The topological polar surface area (TPSA) is 78.4 Å². The normalized spacial score (nSPS) is 15.0. The Labute approximate surface area is 175 Å². The number of aliphatic hydroxyl groups excluding tert-OH is 1. The molecule has 0 fully saturated rings. The maximum Gasteiger partial charge on any atom is 0.240 e. The van der Waals surface area contributed by atoms with E-state index in [0.717, 1.165) is 11.1 Å². The SMILES string of the molecule is Cc1cc(NC(O)c2cccc(S(=O)(=O)NC3Cc4ccccc4C3)c2)ccc1F. The zero-order valence-electron chi connectivity index (χ0n) is 16.5. The van der Waals surface area contributed by atoms with E-state index >= 15 is 0 Å². The molecule has 0 saturated heterocycles. The van der Waals surface area contributed by atoms with Gasteiger partial charge in [0.2, 0.25) is 10.0 Å². The van der Waals surface area contributed by atoms with Gasteiger partial charge in [0.1, 0.15) is 5.82 Å². The molecule has 0 aliphatic heterocycles. The highest BCUT2D eigenvalue weighted by molar-refractivity contribution is 7.89. The minimum absolute atomic E-state index is 0.0899. The van der Waals surface area contributed by atoms with Crippen LogP contribution in [0.25, 0.3) is 0 Å². The second-order valence-electron chi connectivity index (χ2n) is 7.58. The highest BCUT2D eigenvalue weighted by Gasteiger charge is 2.26. The van der Waals surface area contributed by atoms with E-state index in [1.807, 2.05) is 24.3 Å². The molecule has 0 radical (unpaired) electrons. The molecule has 5 nitrogen and oxygen atoms in total. The van der Waals surface area contributed by atoms with Crippen molar-refractivity contribution in [1.29, 1.82) is 0 Å². The van der Waals surface area contributed by atoms with Gasteiger partial charge >= 0.3 is 0 Å². The van der Waals surface area contributed by atoms with Crippen LogP contribution in [0.5, 0.6) is 0 Å². The van der Waals surface area contributed by atoms with E-state index < -0.39 is 16.3 Å². The first-order valence-electron chi connectivity index (χ1n) is 9.72. The molecule has 0 heterocycles. The summed E-state index contributed by atoms with van der Waals surface area (Å²) in [6, 6.07) is 18.3. The molecule has 0 spiro atoms. The lowest BCUT2D eigenvalue weighted by molar-refractivity contribution is 0.208. The molecule has 1 aliphatic rings. The van der Waals surface area contributed by atoms with E-state index in [-0.39, 0.29) is 16.8 Å². The third-order valence-electron chi connectivity index (χ3n) is 5.32. The Kier molecular flexibility index (Phi) is 5.60. The van der Waals surface area contributed by atoms with Crippen molar-refractivity contribution in [3.8, 4) is 0 Å². The largest absolute Gasteiger partial charge is 0.369 e. The van der Waals surface area contributed by atoms with Gasteiger partial charge in [-0.2, -0.15) is 0 Å². The Hall–Kier alpha value is -2.74. The van der Waals surface area contributed by atoms with Crippen molar-refractivity contribution >= 4 is 15.7 Å². The molecule has 1 unspecified atom stereocenters. The third kappa shape index (κ3) is 4.38. The lowest BCUT2D eigenvalue weighted by Crippen LogP contribution is -2.35. The Bertz CT molecular complexity index is 1160. The van der Waals surface area contributed by atoms with Crippen LogP contribution in [0, 0.1) is 12.7 Å². The number of aryl methyl sites for hydroxylation is 1. The molecule has 3 aromatic carbocycles. The summed E-state index contributed by atoms with van der Waals surface area (Å²) in [5.41, 5.74) is 3.71. The fourth-order valence-electron chi connectivity index (χ4n) is 3.76. The molecular formula is C23H23FN2O3S. The summed E-state index contributed by atoms with van der Waals surface area (Å²) in [6.45, 7) is 1.63. The molecule has 0 aromatic heterocycles. The van der Waals surface area contributed by atoms with Gasteiger partial charge in [0.05, 0.1) is 4.90 Å². The smallest absolute Gasteiger partial charge is 0.240 e. The predicted molar refractivity (Wildman–Crippen MR) is 114 cm³/mol. The van der Waals surface area contributed by atoms with Crippen molar-refractivity contribution in [3.63, 3.8) is 0 Å². The van der Waals surface area contributed by atoms with E-state index in [4.69, 9.17) is 0 Å². The summed E-state index contributed by atoms with van der Waals surface area (Å²) >= 11 is 0. The van der Waals surface area contributed by atoms with Crippen LogP contribution in [0.4, 0.5) is 10.1 Å². The number of fused-ring (bicyclic) bond motifs is 1. The van der Waals surface area contributed by atoms with Crippen LogP contribution < -0.4 is 10.0 Å². The molecule has 30 heavy (non-hydrogen) atoms. The second kappa shape index (κ2) is 8.18. The maximum atomic E-state index is 13.4. The highest BCUT2D eigenvalue weighted by Crippen LogP contribution is 2.25. The molecule has 156 valence electrons. The number of benzene rings is 3. The van der Waals surface area contributed by atoms with Gasteiger partial charge in [0.15, 0.2) is 6.23 Å². The number of sulfonamides is 1. The molecule has 3 aromatic rings. The fraction of sp³-hybridized carbons (Fsp3) is 0.217. The van der Waals surface area contributed by atoms with E-state index in [1.54, 1.807) is 25.1 Å². The molecule has 3 N–H and O–H groups in total. The average molecular weight is 427 g/mol. The molecule has 1 aliphatic carbocycles. The molecule has 0 saturated carbocycles. The standard InChI is InChI=1S/C23H23FN2O3S/c1-15-11-19(9-10-22(15)24)25-23(27)18-7-4-8-21(14-18)30(28,29)26-20-12-16-5-2-3-6-17(16)13-20/h2-11,14,20,23,25-27H,12-13H2,1H3. The summed E-state index contributed by atoms with van der Waals surface area (Å²) in [5.74, 6) is -0.330. The summed E-state index contributed by atoms with van der Waals surface area (Å²) in [4.78, 5) is 0.0899. The number of aliphatic hydroxyl groups is 1. The lowest BCUT2D eigenvalue weighted by atomic mass is 10.1. The Balaban J connectivity index is 1.48. The summed E-state index contributed by atoms with van der Waals surface area (Å²) in [6.07, 6.45) is 0.174. The Morgan fingerprint density at radius 1 is 1.00 bits per heavy atom. The number of rotatable bonds is 6. The van der Waals surface area contributed by atoms with E-state index in [2.05, 4.69) is 10.0 Å². The molecular weight excluding hydrogens is 403 g/mol. The van der Waals surface area contributed by atoms with Gasteiger partial charge in [-0.1, -0.05) is 36.4 Å². The molecule has 1 atom stereocenters. The van der Waals surface area contributed by atoms with E-state index in [0.29, 0.717) is 29.7 Å². The lowest BCUT2D eigenvalue weighted by Gasteiger charge is -2.17. The fourth-order valence-corrected chi connectivity index (χ4v) is 5.05. The van der Waals surface area contributed by atoms with Gasteiger partial charge in [-0.25, -0.2) is 17.5 Å². The summed E-state index contributed by atoms with van der Waals surface area (Å²) in [7, 11) is -3.74. The number of hydrogen-bond donors (Lipinski definition) is 3.